The Morgan fingerprint density at radius 2 is 0.436 bits per heavy atom. The minimum Gasteiger partial charge on any atom is -0.299 e. The van der Waals surface area contributed by atoms with Crippen molar-refractivity contribution in [3.63, 3.8) is 0 Å². The third-order valence-corrected chi connectivity index (χ3v) is 29.3. The van der Waals surface area contributed by atoms with Crippen molar-refractivity contribution in [1.29, 1.82) is 0 Å². The van der Waals surface area contributed by atoms with Gasteiger partial charge in [0, 0.05) is 95.7 Å². The van der Waals surface area contributed by atoms with Crippen LogP contribution < -0.4 is 0 Å². The van der Waals surface area contributed by atoms with Gasteiger partial charge in [-0.15, -0.1) is 0 Å². The number of aromatic nitrogens is 13. The lowest BCUT2D eigenvalue weighted by Gasteiger charge is -2.16. The van der Waals surface area contributed by atoms with Crippen molar-refractivity contribution in [2.45, 2.75) is 0 Å². The molecule has 0 N–H and O–H groups in total. The molecule has 0 fully saturated rings. The molecule has 13 nitrogen and oxygen atoms in total. The van der Waals surface area contributed by atoms with Gasteiger partial charge in [0.1, 0.15) is 22.6 Å². The van der Waals surface area contributed by atoms with Gasteiger partial charge < -0.3 is 0 Å². The predicted molar refractivity (Wildman–Crippen MR) is 615 cm³/mol. The molecule has 0 radical (unpaired) electrons. The first-order chi connectivity index (χ1) is 73.9. The number of pyridine rings is 4. The number of rotatable bonds is 11. The average Bonchev–Trinajstić information content (AvgIpc) is 1.57. The molecule has 13 heteroatoms. The summed E-state index contributed by atoms with van der Waals surface area (Å²) in [6.45, 7) is 0. The van der Waals surface area contributed by atoms with Gasteiger partial charge >= 0.3 is 0 Å². The molecule has 692 valence electrons. The first kappa shape index (κ1) is 85.5. The number of hydrogen-bond donors (Lipinski definition) is 0. The van der Waals surface area contributed by atoms with E-state index in [2.05, 4.69) is 444 Å². The molecule has 0 unspecified atom stereocenters. The number of benzene rings is 21. The minimum absolute atomic E-state index is 0.755. The predicted octanol–water partition coefficient (Wildman–Crippen LogP) is 34.2. The van der Waals surface area contributed by atoms with Crippen LogP contribution in [0.3, 0.4) is 0 Å². The van der Waals surface area contributed by atoms with Gasteiger partial charge in [0.15, 0.2) is 0 Å². The van der Waals surface area contributed by atoms with E-state index in [0.717, 1.165) is 238 Å². The van der Waals surface area contributed by atoms with Crippen molar-refractivity contribution in [2.75, 3.05) is 0 Å². The van der Waals surface area contributed by atoms with E-state index in [9.17, 15) is 0 Å². The van der Waals surface area contributed by atoms with Gasteiger partial charge in [-0.1, -0.05) is 370 Å². The van der Waals surface area contributed by atoms with Crippen LogP contribution in [0.5, 0.6) is 0 Å². The van der Waals surface area contributed by atoms with E-state index in [0.29, 0.717) is 0 Å². The fourth-order valence-electron chi connectivity index (χ4n) is 22.3. The molecule has 0 aliphatic heterocycles. The van der Waals surface area contributed by atoms with E-state index in [1.54, 1.807) is 0 Å². The minimum atomic E-state index is 0.755. The van der Waals surface area contributed by atoms with Gasteiger partial charge in [0.25, 0.3) is 0 Å². The Morgan fingerprint density at radius 1 is 0.148 bits per heavy atom. The van der Waals surface area contributed by atoms with Crippen LogP contribution in [0.1, 0.15) is 0 Å². The summed E-state index contributed by atoms with van der Waals surface area (Å²) in [6.07, 6.45) is 8.13. The Hall–Kier alpha value is -20.3. The van der Waals surface area contributed by atoms with E-state index >= 15 is 0 Å². The standard InChI is InChI=1S/C50H31N5.2C43H26N4/c1-4-14-32(15-5-1)35-22-24-37-41(28-35)42-29-36(23-25-38(42)50-48(37)54-46-21-11-13-27-55(46)50)40-31-45-44(30-39(40)33-16-6-2-7-17-33)52-47(34-18-8-3-9-19-34)49(53-45)43-20-10-12-26-51-43;1-3-11-27(12-4-1)30-18-21-33-35(25-30)36-26-31(19-22-34(36)43-42(33)45-38-17-9-10-24-47(38)43)40-39(29-14-5-2-6-15-29)46-41-32-16-8-7-13-28(32)20-23-37(41)44-40;1-3-11-27(12-4-1)30-18-21-33-35(25-30)36-26-31(19-22-34(36)43-42(33)45-38-17-9-10-24-47(38)43)40-39(29-14-5-2-6-15-29)44-37-23-20-28-13-7-8-16-32(28)41(37)46-40/h1-31H;2*1-26H. The Balaban J connectivity index is 0.000000106. The van der Waals surface area contributed by atoms with Crippen LogP contribution in [-0.4, -0.2) is 63.0 Å². The van der Waals surface area contributed by atoms with Crippen LogP contribution in [-0.2, 0) is 0 Å². The molecule has 0 spiro atoms. The fraction of sp³-hybridized carbons (Fsp3) is 0. The van der Waals surface area contributed by atoms with Gasteiger partial charge in [-0.3, -0.25) is 18.2 Å². The summed E-state index contributed by atoms with van der Waals surface area (Å²) in [4.78, 5) is 52.2. The van der Waals surface area contributed by atoms with Crippen LogP contribution in [0.25, 0.3) is 293 Å². The molecule has 149 heavy (non-hydrogen) atoms. The average molecular weight is 1900 g/mol. The van der Waals surface area contributed by atoms with Crippen molar-refractivity contribution in [3.8, 4) is 123 Å². The Morgan fingerprint density at radius 3 is 0.839 bits per heavy atom. The summed E-state index contributed by atoms with van der Waals surface area (Å²) in [5.41, 5.74) is 36.8. The van der Waals surface area contributed by atoms with Crippen LogP contribution in [0.2, 0.25) is 0 Å². The Kier molecular flexibility index (Phi) is 20.3. The third kappa shape index (κ3) is 14.7. The van der Waals surface area contributed by atoms with Gasteiger partial charge in [-0.05, 0) is 208 Å². The van der Waals surface area contributed by atoms with E-state index in [1.807, 2.05) is 72.9 Å². The highest BCUT2D eigenvalue weighted by Gasteiger charge is 2.27. The highest BCUT2D eigenvalue weighted by atomic mass is 15.0. The zero-order valence-electron chi connectivity index (χ0n) is 80.2. The first-order valence-electron chi connectivity index (χ1n) is 50.2. The number of hydrogen-bond acceptors (Lipinski definition) is 10. The second-order valence-corrected chi connectivity index (χ2v) is 38.0. The van der Waals surface area contributed by atoms with E-state index in [1.165, 1.54) is 54.9 Å². The second kappa shape index (κ2) is 35.4. The lowest BCUT2D eigenvalue weighted by Crippen LogP contribution is -1.98. The number of nitrogens with zero attached hydrogens (tertiary/aromatic N) is 13. The molecular formula is C136H83N13. The summed E-state index contributed by atoms with van der Waals surface area (Å²) >= 11 is 0. The topological polar surface area (TPSA) is 142 Å². The van der Waals surface area contributed by atoms with E-state index in [-0.39, 0.29) is 0 Å². The largest absolute Gasteiger partial charge is 0.299 e. The van der Waals surface area contributed by atoms with Crippen LogP contribution in [0, 0.1) is 0 Å². The summed E-state index contributed by atoms with van der Waals surface area (Å²) in [6, 6.07) is 168. The van der Waals surface area contributed by atoms with Crippen LogP contribution in [0.4, 0.5) is 0 Å². The van der Waals surface area contributed by atoms with Gasteiger partial charge in [0.2, 0.25) is 0 Å². The molecule has 31 aromatic rings. The van der Waals surface area contributed by atoms with Crippen LogP contribution in [0.15, 0.2) is 504 Å². The van der Waals surface area contributed by atoms with Crippen molar-refractivity contribution < 1.29 is 0 Å². The highest BCUT2D eigenvalue weighted by Crippen LogP contribution is 2.48. The molecule has 0 aliphatic carbocycles. The second-order valence-electron chi connectivity index (χ2n) is 38.0. The van der Waals surface area contributed by atoms with Gasteiger partial charge in [0.05, 0.1) is 100 Å². The van der Waals surface area contributed by atoms with Crippen LogP contribution >= 0.6 is 0 Å². The fourth-order valence-corrected chi connectivity index (χ4v) is 22.3. The Bertz CT molecular complexity index is 10900. The molecule has 0 aliphatic rings. The molecule has 10 aromatic heterocycles. The maximum Gasteiger partial charge on any atom is 0.137 e. The summed E-state index contributed by atoms with van der Waals surface area (Å²) in [7, 11) is 0. The summed E-state index contributed by atoms with van der Waals surface area (Å²) in [5.74, 6) is 0. The molecule has 0 saturated heterocycles. The lowest BCUT2D eigenvalue weighted by atomic mass is 9.90. The molecule has 21 aromatic carbocycles. The summed E-state index contributed by atoms with van der Waals surface area (Å²) < 4.78 is 6.63. The number of fused-ring (bicyclic) bond motifs is 31. The first-order valence-corrected chi connectivity index (χ1v) is 50.2. The molecule has 10 heterocycles. The van der Waals surface area contributed by atoms with Crippen molar-refractivity contribution in [1.82, 2.24) is 63.0 Å². The zero-order valence-corrected chi connectivity index (χ0v) is 80.2. The normalized spacial score (nSPS) is 11.8. The van der Waals surface area contributed by atoms with Crippen molar-refractivity contribution >= 4 is 169 Å². The lowest BCUT2D eigenvalue weighted by molar-refractivity contribution is 1.23. The van der Waals surface area contributed by atoms with Crippen molar-refractivity contribution in [2.24, 2.45) is 0 Å². The van der Waals surface area contributed by atoms with E-state index < -0.39 is 0 Å². The molecule has 0 atom stereocenters. The maximum atomic E-state index is 5.42. The smallest absolute Gasteiger partial charge is 0.137 e. The number of imidazole rings is 3. The Labute approximate surface area is 853 Å². The summed E-state index contributed by atoms with van der Waals surface area (Å²) in [5, 5.41) is 18.4. The molecule has 0 bridgehead atoms. The monoisotopic (exact) mass is 1900 g/mol. The molecular weight excluding hydrogens is 1820 g/mol. The third-order valence-electron chi connectivity index (χ3n) is 29.3. The van der Waals surface area contributed by atoms with Crippen molar-refractivity contribution in [3.05, 3.63) is 504 Å². The maximum absolute atomic E-state index is 5.42. The molecule has 0 amide bonds. The zero-order chi connectivity index (χ0) is 98.1. The van der Waals surface area contributed by atoms with Gasteiger partial charge in [-0.2, -0.15) is 0 Å². The SMILES string of the molecule is c1ccc(-c2ccc3c(c2)c2cc(-c4cc5nc(-c6ccccn6)c(-c6ccccc6)nc5cc4-c4ccccc4)ccc2c2c3nc3ccccn32)cc1.c1ccc(-c2ccc3c(c2)c2cc(-c4nc5c(ccc6ccccc65)nc4-c4ccccc4)ccc2c2c3nc3ccccn32)cc1.c1ccc(-c2ccc3c(c2)c2cc(-c4nc5ccc6ccccc6c5nc4-c4ccccc4)ccc2c2c3nc3ccccn32)cc1. The quantitative estimate of drug-likeness (QED) is 0.115. The molecule has 31 rings (SSSR count). The van der Waals surface area contributed by atoms with Gasteiger partial charge in [-0.25, -0.2) is 44.9 Å². The van der Waals surface area contributed by atoms with E-state index in [4.69, 9.17) is 49.8 Å². The highest BCUT2D eigenvalue weighted by molar-refractivity contribution is 6.29. The molecule has 0 saturated carbocycles.